The van der Waals surface area contributed by atoms with Crippen LogP contribution in [0.3, 0.4) is 0 Å². The van der Waals surface area contributed by atoms with E-state index >= 15 is 0 Å². The molecule has 0 radical (unpaired) electrons. The molecule has 26 heavy (non-hydrogen) atoms. The summed E-state index contributed by atoms with van der Waals surface area (Å²) < 4.78 is 8.87. The second-order valence-corrected chi connectivity index (χ2v) is 8.35. The molecule has 1 atom stereocenters. The zero-order valence-corrected chi connectivity index (χ0v) is 16.7. The highest BCUT2D eigenvalue weighted by Gasteiger charge is 2.24. The van der Waals surface area contributed by atoms with Crippen LogP contribution in [0.15, 0.2) is 24.3 Å². The van der Waals surface area contributed by atoms with Crippen LogP contribution in [0.25, 0.3) is 10.9 Å². The Morgan fingerprint density at radius 1 is 1.15 bits per heavy atom. The van der Waals surface area contributed by atoms with E-state index in [-0.39, 0.29) is 0 Å². The van der Waals surface area contributed by atoms with Gasteiger partial charge in [0.15, 0.2) is 0 Å². The van der Waals surface area contributed by atoms with Gasteiger partial charge in [0.25, 0.3) is 0 Å². The fourth-order valence-corrected chi connectivity index (χ4v) is 4.68. The Morgan fingerprint density at radius 3 is 2.62 bits per heavy atom. The summed E-state index contributed by atoms with van der Waals surface area (Å²) in [6.07, 6.45) is 2.62. The molecule has 2 aliphatic heterocycles. The van der Waals surface area contributed by atoms with Gasteiger partial charge in [-0.15, -0.1) is 0 Å². The highest BCUT2D eigenvalue weighted by atomic mass is 16.5. The van der Waals surface area contributed by atoms with Crippen LogP contribution >= 0.6 is 0 Å². The summed E-state index contributed by atoms with van der Waals surface area (Å²) in [5.41, 5.74) is 2.79. The number of nitrogens with zero attached hydrogens (tertiary/aromatic N) is 3. The minimum Gasteiger partial charge on any atom is -0.490 e. The summed E-state index contributed by atoms with van der Waals surface area (Å²) in [7, 11) is 0. The summed E-state index contributed by atoms with van der Waals surface area (Å²) in [5.74, 6) is 1.03. The smallest absolute Gasteiger partial charge is 0.120 e. The fraction of sp³-hybridized carbons (Fsp3) is 0.636. The van der Waals surface area contributed by atoms with Crippen LogP contribution in [0.5, 0.6) is 5.75 Å². The van der Waals surface area contributed by atoms with Gasteiger partial charge in [0, 0.05) is 54.9 Å². The van der Waals surface area contributed by atoms with Crippen LogP contribution in [0.2, 0.25) is 0 Å². The van der Waals surface area contributed by atoms with E-state index in [1.165, 1.54) is 16.6 Å². The number of piperidine rings is 1. The Labute approximate surface area is 157 Å². The maximum absolute atomic E-state index is 6.35. The maximum Gasteiger partial charge on any atom is 0.120 e. The summed E-state index contributed by atoms with van der Waals surface area (Å²) in [6.45, 7) is 14.8. The Balaban J connectivity index is 1.50. The Kier molecular flexibility index (Phi) is 4.98. The van der Waals surface area contributed by atoms with Crippen LogP contribution in [0.1, 0.15) is 52.3 Å². The predicted octanol–water partition coefficient (Wildman–Crippen LogP) is 4.29. The van der Waals surface area contributed by atoms with Crippen molar-refractivity contribution < 1.29 is 4.74 Å². The molecule has 0 bridgehead atoms. The third kappa shape index (κ3) is 3.37. The van der Waals surface area contributed by atoms with E-state index < -0.39 is 0 Å². The number of rotatable bonds is 4. The van der Waals surface area contributed by atoms with Crippen molar-refractivity contribution in [3.63, 3.8) is 0 Å². The van der Waals surface area contributed by atoms with E-state index in [2.05, 4.69) is 66.3 Å². The second-order valence-electron chi connectivity index (χ2n) is 8.35. The number of likely N-dealkylation sites (tertiary alicyclic amines) is 1. The summed E-state index contributed by atoms with van der Waals surface area (Å²) in [5, 5.41) is 1.32. The van der Waals surface area contributed by atoms with Gasteiger partial charge in [0.2, 0.25) is 0 Å². The van der Waals surface area contributed by atoms with Crippen molar-refractivity contribution in [1.29, 1.82) is 0 Å². The average Bonchev–Trinajstić information content (AvgIpc) is 3.00. The monoisotopic (exact) mass is 355 g/mol. The molecule has 4 rings (SSSR count). The van der Waals surface area contributed by atoms with Gasteiger partial charge in [-0.2, -0.15) is 0 Å². The van der Waals surface area contributed by atoms with E-state index in [1.54, 1.807) is 0 Å². The predicted molar refractivity (Wildman–Crippen MR) is 108 cm³/mol. The number of likely N-dealkylation sites (N-methyl/N-ethyl adjacent to an activating group) is 1. The van der Waals surface area contributed by atoms with Crippen LogP contribution < -0.4 is 4.74 Å². The zero-order chi connectivity index (χ0) is 18.3. The fourth-order valence-electron chi connectivity index (χ4n) is 4.68. The first kappa shape index (κ1) is 17.9. The first-order valence-electron chi connectivity index (χ1n) is 10.3. The van der Waals surface area contributed by atoms with Crippen LogP contribution in [0.4, 0.5) is 0 Å². The van der Waals surface area contributed by atoms with Crippen molar-refractivity contribution >= 4 is 10.9 Å². The van der Waals surface area contributed by atoms with Crippen molar-refractivity contribution in [2.45, 2.75) is 65.3 Å². The Morgan fingerprint density at radius 2 is 1.92 bits per heavy atom. The van der Waals surface area contributed by atoms with E-state index in [9.17, 15) is 0 Å². The van der Waals surface area contributed by atoms with E-state index in [1.807, 2.05) is 0 Å². The molecule has 1 unspecified atom stereocenters. The lowest BCUT2D eigenvalue weighted by molar-refractivity contribution is 0.0844. The topological polar surface area (TPSA) is 20.6 Å². The van der Waals surface area contributed by atoms with Gasteiger partial charge in [0.05, 0.1) is 0 Å². The second kappa shape index (κ2) is 7.24. The molecule has 1 fully saturated rings. The summed E-state index contributed by atoms with van der Waals surface area (Å²) in [6, 6.07) is 10.2. The van der Waals surface area contributed by atoms with Gasteiger partial charge in [-0.3, -0.25) is 4.90 Å². The quantitative estimate of drug-likeness (QED) is 0.816. The highest BCUT2D eigenvalue weighted by molar-refractivity contribution is 5.83. The van der Waals surface area contributed by atoms with Crippen LogP contribution in [-0.2, 0) is 6.54 Å². The van der Waals surface area contributed by atoms with Crippen molar-refractivity contribution in [3.8, 4) is 5.75 Å². The molecule has 0 aliphatic carbocycles. The molecule has 0 amide bonds. The lowest BCUT2D eigenvalue weighted by Crippen LogP contribution is -2.41. The summed E-state index contributed by atoms with van der Waals surface area (Å²) >= 11 is 0. The molecule has 142 valence electrons. The van der Waals surface area contributed by atoms with Gasteiger partial charge < -0.3 is 14.2 Å². The largest absolute Gasteiger partial charge is 0.490 e. The molecule has 2 aromatic rings. The normalized spacial score (nSPS) is 22.9. The van der Waals surface area contributed by atoms with E-state index in [0.717, 1.165) is 51.3 Å². The molecule has 2 aliphatic rings. The van der Waals surface area contributed by atoms with Crippen molar-refractivity contribution in [3.05, 3.63) is 30.0 Å². The van der Waals surface area contributed by atoms with Gasteiger partial charge in [-0.05, 0) is 64.4 Å². The SMILES string of the molecule is CCN1Cc2cc3cc(OC4CCN(C(C)C)CC4)ccc3n2C(C)C1. The Bertz CT molecular complexity index is 758. The van der Waals surface area contributed by atoms with E-state index in [4.69, 9.17) is 4.74 Å². The molecule has 0 saturated carbocycles. The van der Waals surface area contributed by atoms with Gasteiger partial charge >= 0.3 is 0 Å². The number of benzene rings is 1. The molecule has 4 nitrogen and oxygen atoms in total. The van der Waals surface area contributed by atoms with Gasteiger partial charge in [0.1, 0.15) is 11.9 Å². The van der Waals surface area contributed by atoms with Gasteiger partial charge in [-0.25, -0.2) is 0 Å². The van der Waals surface area contributed by atoms with E-state index in [0.29, 0.717) is 18.2 Å². The maximum atomic E-state index is 6.35. The van der Waals surface area contributed by atoms with Crippen molar-refractivity contribution in [2.24, 2.45) is 0 Å². The van der Waals surface area contributed by atoms with Crippen LogP contribution in [-0.4, -0.2) is 52.7 Å². The van der Waals surface area contributed by atoms with Crippen molar-refractivity contribution in [1.82, 2.24) is 14.4 Å². The lowest BCUT2D eigenvalue weighted by atomic mass is 10.1. The van der Waals surface area contributed by atoms with Gasteiger partial charge in [-0.1, -0.05) is 6.92 Å². The molecule has 0 N–H and O–H groups in total. The lowest BCUT2D eigenvalue weighted by Gasteiger charge is -2.34. The van der Waals surface area contributed by atoms with Crippen LogP contribution in [0, 0.1) is 0 Å². The molecular formula is C22H33N3O. The number of hydrogen-bond acceptors (Lipinski definition) is 3. The summed E-state index contributed by atoms with van der Waals surface area (Å²) in [4.78, 5) is 5.07. The first-order chi connectivity index (χ1) is 12.5. The molecule has 1 aromatic carbocycles. The first-order valence-corrected chi connectivity index (χ1v) is 10.3. The minimum atomic E-state index is 0.356. The molecule has 0 spiro atoms. The van der Waals surface area contributed by atoms with Crippen molar-refractivity contribution in [2.75, 3.05) is 26.2 Å². The molecule has 3 heterocycles. The number of fused-ring (bicyclic) bond motifs is 3. The highest BCUT2D eigenvalue weighted by Crippen LogP contribution is 2.32. The molecule has 4 heteroatoms. The third-order valence-electron chi connectivity index (χ3n) is 6.20. The number of hydrogen-bond donors (Lipinski definition) is 0. The number of ether oxygens (including phenoxy) is 1. The standard InChI is InChI=1S/C22H33N3O/c1-5-23-14-17(4)25-19(15-23)12-18-13-21(6-7-22(18)25)26-20-8-10-24(11-9-20)16(2)3/h6-7,12-13,16-17,20H,5,8-11,14-15H2,1-4H3. The molecule has 1 saturated heterocycles. The third-order valence-corrected chi connectivity index (χ3v) is 6.20. The zero-order valence-electron chi connectivity index (χ0n) is 16.7. The number of aromatic nitrogens is 1. The Hall–Kier alpha value is -1.52. The minimum absolute atomic E-state index is 0.356. The molecule has 1 aromatic heterocycles. The molecular weight excluding hydrogens is 322 g/mol. The average molecular weight is 356 g/mol.